The van der Waals surface area contributed by atoms with Gasteiger partial charge >= 0.3 is 24.0 Å². The molecule has 2 atom stereocenters. The van der Waals surface area contributed by atoms with Gasteiger partial charge < -0.3 is 10.0 Å². The van der Waals surface area contributed by atoms with E-state index in [1.807, 2.05) is 13.8 Å². The van der Waals surface area contributed by atoms with E-state index in [2.05, 4.69) is 0 Å². The molecule has 1 saturated carbocycles. The zero-order valence-electron chi connectivity index (χ0n) is 25.1. The number of aliphatic carboxylic acids is 1. The highest BCUT2D eigenvalue weighted by Gasteiger charge is 2.74. The van der Waals surface area contributed by atoms with Crippen LogP contribution in [0.25, 0.3) is 0 Å². The average molecular weight is 678 g/mol. The fraction of sp³-hybridized carbons (Fsp3) is 0.562. The van der Waals surface area contributed by atoms with Gasteiger partial charge in [-0.3, -0.25) is 9.59 Å². The molecule has 46 heavy (non-hydrogen) atoms. The number of nitrogens with zero attached hydrogens (tertiary/aromatic N) is 1. The van der Waals surface area contributed by atoms with Gasteiger partial charge in [-0.1, -0.05) is 44.2 Å². The number of carboxylic acid groups (broad SMARTS) is 1. The molecule has 5 rings (SSSR count). The summed E-state index contributed by atoms with van der Waals surface area (Å²) in [5.41, 5.74) is -6.77. The van der Waals surface area contributed by atoms with E-state index in [1.54, 1.807) is 12.1 Å². The summed E-state index contributed by atoms with van der Waals surface area (Å²) in [6, 6.07) is 6.69. The first-order valence-electron chi connectivity index (χ1n) is 15.1. The Morgan fingerprint density at radius 3 is 1.96 bits per heavy atom. The molecule has 1 aliphatic heterocycles. The zero-order valence-corrected chi connectivity index (χ0v) is 25.9. The predicted molar refractivity (Wildman–Crippen MR) is 152 cm³/mol. The summed E-state index contributed by atoms with van der Waals surface area (Å²) in [4.78, 5) is 26.6. The highest BCUT2D eigenvalue weighted by atomic mass is 32.2. The maximum absolute atomic E-state index is 15.1. The van der Waals surface area contributed by atoms with Crippen molar-refractivity contribution in [1.29, 1.82) is 0 Å². The van der Waals surface area contributed by atoms with Crippen molar-refractivity contribution in [3.05, 3.63) is 64.7 Å². The number of hydrogen-bond acceptors (Lipinski definition) is 4. The van der Waals surface area contributed by atoms with Crippen LogP contribution in [-0.2, 0) is 36.3 Å². The molecular weight excluding hydrogens is 643 g/mol. The second-order valence-corrected chi connectivity index (χ2v) is 15.1. The summed E-state index contributed by atoms with van der Waals surface area (Å²) in [5, 5.41) is 9.35. The van der Waals surface area contributed by atoms with Crippen molar-refractivity contribution in [3.63, 3.8) is 0 Å². The Kier molecular flexibility index (Phi) is 8.56. The first kappa shape index (κ1) is 34.2. The number of carbonyl (C=O) groups excluding carboxylic acids is 1. The van der Waals surface area contributed by atoms with Crippen molar-refractivity contribution < 1.29 is 53.8 Å². The van der Waals surface area contributed by atoms with Crippen molar-refractivity contribution in [2.45, 2.75) is 98.4 Å². The molecule has 252 valence electrons. The molecule has 1 N–H and O–H groups in total. The molecular formula is C32H34F7NO5S. The Morgan fingerprint density at radius 2 is 1.43 bits per heavy atom. The number of hydrogen-bond donors (Lipinski definition) is 1. The van der Waals surface area contributed by atoms with Gasteiger partial charge in [0.05, 0.1) is 16.9 Å². The number of rotatable bonds is 6. The number of sulfone groups is 1. The van der Waals surface area contributed by atoms with Crippen molar-refractivity contribution in [2.75, 3.05) is 6.54 Å². The molecule has 2 aromatic carbocycles. The Hall–Kier alpha value is -3.16. The van der Waals surface area contributed by atoms with E-state index in [4.69, 9.17) is 0 Å². The van der Waals surface area contributed by atoms with Crippen LogP contribution in [0.4, 0.5) is 30.7 Å². The van der Waals surface area contributed by atoms with Gasteiger partial charge in [-0.2, -0.15) is 26.3 Å². The highest BCUT2D eigenvalue weighted by Crippen LogP contribution is 2.57. The second-order valence-electron chi connectivity index (χ2n) is 12.9. The van der Waals surface area contributed by atoms with Crippen LogP contribution in [0.2, 0.25) is 0 Å². The van der Waals surface area contributed by atoms with Gasteiger partial charge in [0.25, 0.3) is 0 Å². The van der Waals surface area contributed by atoms with Gasteiger partial charge in [0, 0.05) is 18.0 Å². The monoisotopic (exact) mass is 677 g/mol. The number of amides is 1. The van der Waals surface area contributed by atoms with Crippen molar-refractivity contribution >= 4 is 21.7 Å². The summed E-state index contributed by atoms with van der Waals surface area (Å²) < 4.78 is 124. The highest BCUT2D eigenvalue weighted by molar-refractivity contribution is 7.92. The first-order chi connectivity index (χ1) is 21.3. The lowest BCUT2D eigenvalue weighted by Gasteiger charge is -2.44. The van der Waals surface area contributed by atoms with Gasteiger partial charge in [0.15, 0.2) is 9.84 Å². The molecule has 1 heterocycles. The molecule has 14 heteroatoms. The minimum absolute atomic E-state index is 0.0506. The van der Waals surface area contributed by atoms with Gasteiger partial charge in [0.1, 0.15) is 4.75 Å². The smallest absolute Gasteiger partial charge is 0.435 e. The SMILES string of the molecule is CC(C)c1ccc(S(=O)(=O)C23CCN(C(=O)[C@H]4CC[C@H](C(=O)O)CC4)C2CCc2cc(C(F)(C(F)(F)F)C(F)(F)F)ccc23)cc1. The van der Waals surface area contributed by atoms with Crippen LogP contribution in [0.1, 0.15) is 80.5 Å². The van der Waals surface area contributed by atoms with E-state index in [0.717, 1.165) is 11.6 Å². The number of carboxylic acids is 1. The largest absolute Gasteiger partial charge is 0.481 e. The fourth-order valence-corrected chi connectivity index (χ4v) is 9.92. The molecule has 3 aliphatic rings. The van der Waals surface area contributed by atoms with Gasteiger partial charge in [-0.25, -0.2) is 12.8 Å². The number of alkyl halides is 7. The van der Waals surface area contributed by atoms with Crippen molar-refractivity contribution in [3.8, 4) is 0 Å². The lowest BCUT2D eigenvalue weighted by atomic mass is 9.76. The van der Waals surface area contributed by atoms with Crippen molar-refractivity contribution in [2.24, 2.45) is 11.8 Å². The van der Waals surface area contributed by atoms with E-state index in [1.165, 1.54) is 17.0 Å². The number of fused-ring (bicyclic) bond motifs is 3. The maximum Gasteiger partial charge on any atom is 0.435 e. The van der Waals surface area contributed by atoms with Crippen molar-refractivity contribution in [1.82, 2.24) is 4.90 Å². The third-order valence-corrected chi connectivity index (χ3v) is 12.7. The van der Waals surface area contributed by atoms with Gasteiger partial charge in [0.2, 0.25) is 5.91 Å². The molecule has 2 aromatic rings. The summed E-state index contributed by atoms with van der Waals surface area (Å²) in [6.45, 7) is 3.76. The Labute approximate surface area is 261 Å². The molecule has 1 amide bonds. The second kappa shape index (κ2) is 11.5. The zero-order chi connectivity index (χ0) is 34.0. The van der Waals surface area contributed by atoms with Gasteiger partial charge in [-0.15, -0.1) is 0 Å². The first-order valence-corrected chi connectivity index (χ1v) is 16.6. The molecule has 2 unspecified atom stereocenters. The molecule has 6 nitrogen and oxygen atoms in total. The van der Waals surface area contributed by atoms with Crippen LogP contribution >= 0.6 is 0 Å². The summed E-state index contributed by atoms with van der Waals surface area (Å²) >= 11 is 0. The Morgan fingerprint density at radius 1 is 0.870 bits per heavy atom. The minimum Gasteiger partial charge on any atom is -0.481 e. The number of halogens is 7. The molecule has 2 fully saturated rings. The van der Waals surface area contributed by atoms with Crippen LogP contribution < -0.4 is 0 Å². The third kappa shape index (κ3) is 5.18. The van der Waals surface area contributed by atoms with E-state index < -0.39 is 62.0 Å². The number of benzene rings is 2. The fourth-order valence-electron chi connectivity index (χ4n) is 7.56. The molecule has 0 radical (unpaired) electrons. The van der Waals surface area contributed by atoms with E-state index in [0.29, 0.717) is 12.1 Å². The van der Waals surface area contributed by atoms with Crippen LogP contribution in [0.5, 0.6) is 0 Å². The minimum atomic E-state index is -6.34. The summed E-state index contributed by atoms with van der Waals surface area (Å²) in [5.74, 6) is -2.41. The van der Waals surface area contributed by atoms with E-state index in [-0.39, 0.29) is 79.3 Å². The molecule has 0 aromatic heterocycles. The van der Waals surface area contributed by atoms with Crippen LogP contribution in [0.15, 0.2) is 47.4 Å². The Bertz CT molecular complexity index is 1600. The standard InChI is InChI=1S/C32H34F7NO5S/c1-18(2)19-7-11-24(12-8-19)46(44,45)29-15-16-40(27(41)20-3-5-21(6-4-20)28(42)43)26(29)14-9-22-17-23(10-13-25(22)29)30(33,31(34,35)36)32(37,38)39/h7-8,10-13,17-18,20-21,26H,3-6,9,14-16H2,1-2H3,(H,42,43)/t20-,21-,26?,29?. The van der Waals surface area contributed by atoms with Crippen LogP contribution in [0, 0.1) is 11.8 Å². The van der Waals surface area contributed by atoms with Crippen LogP contribution in [0.3, 0.4) is 0 Å². The topological polar surface area (TPSA) is 91.8 Å². The molecule has 0 bridgehead atoms. The molecule has 2 aliphatic carbocycles. The summed E-state index contributed by atoms with van der Waals surface area (Å²) in [7, 11) is -4.45. The number of aryl methyl sites for hydroxylation is 1. The summed E-state index contributed by atoms with van der Waals surface area (Å²) in [6.07, 6.45) is -12.1. The third-order valence-electron chi connectivity index (χ3n) is 10.1. The maximum atomic E-state index is 15.1. The average Bonchev–Trinajstić information content (AvgIpc) is 3.40. The van der Waals surface area contributed by atoms with Crippen LogP contribution in [-0.4, -0.2) is 55.2 Å². The molecule has 1 saturated heterocycles. The molecule has 0 spiro atoms. The normalized spacial score (nSPS) is 25.7. The van der Waals surface area contributed by atoms with E-state index in [9.17, 15) is 49.5 Å². The quantitative estimate of drug-likeness (QED) is 0.327. The Balaban J connectivity index is 1.63. The lowest BCUT2D eigenvalue weighted by molar-refractivity contribution is -0.348. The van der Waals surface area contributed by atoms with Gasteiger partial charge in [-0.05, 0) is 79.7 Å². The number of likely N-dealkylation sites (tertiary alicyclic amines) is 1. The predicted octanol–water partition coefficient (Wildman–Crippen LogP) is 7.21. The van der Waals surface area contributed by atoms with E-state index >= 15 is 4.39 Å². The lowest BCUT2D eigenvalue weighted by Crippen LogP contribution is -2.53. The number of carbonyl (C=O) groups is 2.